The van der Waals surface area contributed by atoms with E-state index in [4.69, 9.17) is 5.73 Å². The molecule has 0 unspecified atom stereocenters. The van der Waals surface area contributed by atoms with E-state index in [1.165, 1.54) is 4.90 Å². The van der Waals surface area contributed by atoms with Gasteiger partial charge in [-0.15, -0.1) is 0 Å². The van der Waals surface area contributed by atoms with Crippen LogP contribution in [-0.4, -0.2) is 29.5 Å². The maximum absolute atomic E-state index is 12.3. The van der Waals surface area contributed by atoms with Crippen LogP contribution in [0.25, 0.3) is 10.9 Å². The van der Waals surface area contributed by atoms with Crippen LogP contribution >= 0.6 is 0 Å². The van der Waals surface area contributed by atoms with E-state index in [9.17, 15) is 9.59 Å². The van der Waals surface area contributed by atoms with Gasteiger partial charge in [0, 0.05) is 33.0 Å². The molecule has 5 heteroatoms. The number of hydrogen-bond donors (Lipinski definition) is 1. The molecular formula is C13H15N3O2. The Hall–Kier alpha value is -2.30. The number of nitrogens with two attached hydrogens (primary N) is 1. The first-order valence-electron chi connectivity index (χ1n) is 5.53. The summed E-state index contributed by atoms with van der Waals surface area (Å²) in [6.45, 7) is 0. The summed E-state index contributed by atoms with van der Waals surface area (Å²) in [6.07, 6.45) is 1.55. The Bertz CT molecular complexity index is 686. The predicted molar refractivity (Wildman–Crippen MR) is 71.6 cm³/mol. The van der Waals surface area contributed by atoms with Gasteiger partial charge in [-0.3, -0.25) is 9.59 Å². The summed E-state index contributed by atoms with van der Waals surface area (Å²) in [6, 6.07) is 5.25. The van der Waals surface area contributed by atoms with Crippen molar-refractivity contribution in [1.82, 2.24) is 9.47 Å². The highest BCUT2D eigenvalue weighted by molar-refractivity contribution is 5.99. The summed E-state index contributed by atoms with van der Waals surface area (Å²) >= 11 is 0. The first-order valence-corrected chi connectivity index (χ1v) is 5.53. The number of aromatic nitrogens is 1. The first-order chi connectivity index (χ1) is 8.43. The lowest BCUT2D eigenvalue weighted by Crippen LogP contribution is -2.29. The zero-order valence-electron chi connectivity index (χ0n) is 10.6. The summed E-state index contributed by atoms with van der Waals surface area (Å²) in [5, 5.41) is 0.396. The molecule has 94 valence electrons. The van der Waals surface area contributed by atoms with Gasteiger partial charge in [-0.2, -0.15) is 0 Å². The zero-order chi connectivity index (χ0) is 13.4. The van der Waals surface area contributed by atoms with Crippen LogP contribution in [0.2, 0.25) is 0 Å². The van der Waals surface area contributed by atoms with Gasteiger partial charge < -0.3 is 15.2 Å². The molecule has 1 heterocycles. The molecule has 18 heavy (non-hydrogen) atoms. The Balaban J connectivity index is 2.88. The Morgan fingerprint density at radius 1 is 1.33 bits per heavy atom. The van der Waals surface area contributed by atoms with Crippen LogP contribution in [0.1, 0.15) is 10.4 Å². The SMILES string of the molecule is CN(C)C(=O)c1cn(C)c2cccc(N)c2c1=O. The standard InChI is InChI=1S/C13H15N3O2/c1-15(2)13(18)8-7-16(3)10-6-4-5-9(14)11(10)12(8)17/h4-7H,14H2,1-3H3. The van der Waals surface area contributed by atoms with Gasteiger partial charge in [0.05, 0.1) is 10.9 Å². The minimum atomic E-state index is -0.320. The molecule has 5 nitrogen and oxygen atoms in total. The van der Waals surface area contributed by atoms with Gasteiger partial charge >= 0.3 is 0 Å². The minimum absolute atomic E-state index is 0.132. The van der Waals surface area contributed by atoms with Crippen molar-refractivity contribution in [1.29, 1.82) is 0 Å². The number of rotatable bonds is 1. The summed E-state index contributed by atoms with van der Waals surface area (Å²) in [7, 11) is 5.01. The second-order valence-corrected chi connectivity index (χ2v) is 4.42. The third kappa shape index (κ3) is 1.73. The number of carbonyl (C=O) groups is 1. The molecule has 0 aliphatic carbocycles. The van der Waals surface area contributed by atoms with Crippen LogP contribution < -0.4 is 11.2 Å². The third-order valence-corrected chi connectivity index (χ3v) is 2.89. The topological polar surface area (TPSA) is 68.3 Å². The number of fused-ring (bicyclic) bond motifs is 1. The van der Waals surface area contributed by atoms with Gasteiger partial charge in [-0.1, -0.05) is 6.07 Å². The van der Waals surface area contributed by atoms with Crippen molar-refractivity contribution in [3.63, 3.8) is 0 Å². The lowest BCUT2D eigenvalue weighted by Gasteiger charge is -2.13. The van der Waals surface area contributed by atoms with Gasteiger partial charge in [-0.25, -0.2) is 0 Å². The quantitative estimate of drug-likeness (QED) is 0.756. The molecule has 1 amide bonds. The minimum Gasteiger partial charge on any atom is -0.398 e. The number of nitrogens with zero attached hydrogens (tertiary/aromatic N) is 2. The van der Waals surface area contributed by atoms with Crippen molar-refractivity contribution in [2.75, 3.05) is 19.8 Å². The Kier molecular flexibility index (Phi) is 2.82. The smallest absolute Gasteiger partial charge is 0.258 e. The highest BCUT2D eigenvalue weighted by Gasteiger charge is 2.17. The molecule has 0 atom stereocenters. The van der Waals surface area contributed by atoms with Crippen molar-refractivity contribution in [2.45, 2.75) is 0 Å². The zero-order valence-corrected chi connectivity index (χ0v) is 10.6. The van der Waals surface area contributed by atoms with E-state index in [1.807, 2.05) is 0 Å². The fraction of sp³-hybridized carbons (Fsp3) is 0.231. The molecule has 0 bridgehead atoms. The summed E-state index contributed by atoms with van der Waals surface area (Å²) < 4.78 is 1.74. The van der Waals surface area contributed by atoms with Crippen LogP contribution in [0, 0.1) is 0 Å². The molecule has 0 aliphatic rings. The monoisotopic (exact) mass is 245 g/mol. The highest BCUT2D eigenvalue weighted by atomic mass is 16.2. The number of anilines is 1. The van der Waals surface area contributed by atoms with Gasteiger partial charge in [0.2, 0.25) is 5.43 Å². The highest BCUT2D eigenvalue weighted by Crippen LogP contribution is 2.17. The molecule has 0 fully saturated rings. The second kappa shape index (κ2) is 4.18. The first kappa shape index (κ1) is 12.2. The Morgan fingerprint density at radius 2 is 2.00 bits per heavy atom. The van der Waals surface area contributed by atoms with Crippen LogP contribution in [0.3, 0.4) is 0 Å². The molecule has 1 aromatic carbocycles. The Morgan fingerprint density at radius 3 is 2.61 bits per heavy atom. The number of hydrogen-bond acceptors (Lipinski definition) is 3. The predicted octanol–water partition coefficient (Wildman–Crippen LogP) is 0.822. The average molecular weight is 245 g/mol. The van der Waals surface area contributed by atoms with Crippen LogP contribution in [0.15, 0.2) is 29.2 Å². The number of carbonyl (C=O) groups excluding carboxylic acids is 1. The summed E-state index contributed by atoms with van der Waals surface area (Å²) in [5.41, 5.74) is 6.75. The number of nitrogen functional groups attached to an aromatic ring is 1. The van der Waals surface area contributed by atoms with E-state index >= 15 is 0 Å². The molecule has 0 saturated heterocycles. The largest absolute Gasteiger partial charge is 0.398 e. The molecule has 2 aromatic rings. The fourth-order valence-corrected chi connectivity index (χ4v) is 1.95. The van der Waals surface area contributed by atoms with Crippen LogP contribution in [-0.2, 0) is 7.05 Å². The molecular weight excluding hydrogens is 230 g/mol. The molecule has 2 rings (SSSR count). The fourth-order valence-electron chi connectivity index (χ4n) is 1.95. The lowest BCUT2D eigenvalue weighted by molar-refractivity contribution is 0.0826. The second-order valence-electron chi connectivity index (χ2n) is 4.42. The van der Waals surface area contributed by atoms with E-state index < -0.39 is 0 Å². The van der Waals surface area contributed by atoms with Gasteiger partial charge in [0.25, 0.3) is 5.91 Å². The van der Waals surface area contributed by atoms with Crippen molar-refractivity contribution in [3.05, 3.63) is 40.2 Å². The van der Waals surface area contributed by atoms with Gasteiger partial charge in [0.15, 0.2) is 0 Å². The normalized spacial score (nSPS) is 10.6. The van der Waals surface area contributed by atoms with E-state index in [2.05, 4.69) is 0 Å². The van der Waals surface area contributed by atoms with Crippen LogP contribution in [0.5, 0.6) is 0 Å². The van der Waals surface area contributed by atoms with Gasteiger partial charge in [-0.05, 0) is 12.1 Å². The molecule has 0 saturated carbocycles. The molecule has 0 spiro atoms. The van der Waals surface area contributed by atoms with E-state index in [0.29, 0.717) is 11.1 Å². The van der Waals surface area contributed by atoms with E-state index in [0.717, 1.165) is 5.52 Å². The van der Waals surface area contributed by atoms with Gasteiger partial charge in [0.1, 0.15) is 5.56 Å². The maximum Gasteiger partial charge on any atom is 0.258 e. The van der Waals surface area contributed by atoms with Crippen LogP contribution in [0.4, 0.5) is 5.69 Å². The number of benzene rings is 1. The number of aryl methyl sites for hydroxylation is 1. The maximum atomic E-state index is 12.3. The number of amides is 1. The third-order valence-electron chi connectivity index (χ3n) is 2.89. The molecule has 2 N–H and O–H groups in total. The van der Waals surface area contributed by atoms with E-state index in [1.54, 1.807) is 50.1 Å². The number of pyridine rings is 1. The van der Waals surface area contributed by atoms with Crippen molar-refractivity contribution < 1.29 is 4.79 Å². The van der Waals surface area contributed by atoms with E-state index in [-0.39, 0.29) is 16.9 Å². The average Bonchev–Trinajstić information content (AvgIpc) is 2.32. The van der Waals surface area contributed by atoms with Crippen molar-refractivity contribution in [2.24, 2.45) is 7.05 Å². The summed E-state index contributed by atoms with van der Waals surface area (Å²) in [4.78, 5) is 25.6. The molecule has 0 radical (unpaired) electrons. The summed E-state index contributed by atoms with van der Waals surface area (Å²) in [5.74, 6) is -0.319. The van der Waals surface area contributed by atoms with Crippen molar-refractivity contribution in [3.8, 4) is 0 Å². The van der Waals surface area contributed by atoms with Crippen molar-refractivity contribution >= 4 is 22.5 Å². The Labute approximate surface area is 104 Å². The molecule has 1 aromatic heterocycles. The molecule has 0 aliphatic heterocycles. The lowest BCUT2D eigenvalue weighted by atomic mass is 10.1.